The molecule has 0 spiro atoms. The second-order valence-corrected chi connectivity index (χ2v) is 8.29. The molecule has 2 aliphatic heterocycles. The first-order chi connectivity index (χ1) is 15.7. The van der Waals surface area contributed by atoms with Crippen molar-refractivity contribution in [2.24, 2.45) is 0 Å². The largest absolute Gasteiger partial charge is 0.490 e. The second-order valence-electron chi connectivity index (χ2n) is 8.29. The van der Waals surface area contributed by atoms with Gasteiger partial charge in [0, 0.05) is 49.3 Å². The van der Waals surface area contributed by atoms with E-state index < -0.39 is 12.1 Å². The van der Waals surface area contributed by atoms with E-state index in [1.807, 2.05) is 6.07 Å². The number of nitrogens with zero attached hydrogens (tertiary/aromatic N) is 3. The number of rotatable bonds is 4. The molecule has 2 fully saturated rings. The number of aromatic nitrogens is 2. The van der Waals surface area contributed by atoms with Gasteiger partial charge >= 0.3 is 12.1 Å². The van der Waals surface area contributed by atoms with E-state index >= 15 is 0 Å². The maximum atomic E-state index is 13.6. The Morgan fingerprint density at radius 1 is 1.21 bits per heavy atom. The van der Waals surface area contributed by atoms with Crippen LogP contribution in [0.5, 0.6) is 0 Å². The fourth-order valence-electron chi connectivity index (χ4n) is 3.85. The van der Waals surface area contributed by atoms with Crippen LogP contribution in [0, 0.1) is 5.82 Å². The molecule has 1 saturated carbocycles. The van der Waals surface area contributed by atoms with Gasteiger partial charge in [0.15, 0.2) is 5.82 Å². The zero-order chi connectivity index (χ0) is 23.6. The van der Waals surface area contributed by atoms with E-state index in [4.69, 9.17) is 24.6 Å². The highest BCUT2D eigenvalue weighted by Crippen LogP contribution is 2.32. The van der Waals surface area contributed by atoms with Crippen LogP contribution in [-0.2, 0) is 22.5 Å². The summed E-state index contributed by atoms with van der Waals surface area (Å²) in [6.07, 6.45) is -0.707. The molecule has 3 heterocycles. The number of ether oxygens (including phenoxy) is 1. The Kier molecular flexibility index (Phi) is 6.80. The number of halogens is 4. The molecule has 2 N–H and O–H groups in total. The average molecular weight is 468 g/mol. The molecule has 178 valence electrons. The van der Waals surface area contributed by atoms with E-state index in [2.05, 4.69) is 10.2 Å². The highest BCUT2D eigenvalue weighted by Gasteiger charge is 2.38. The summed E-state index contributed by atoms with van der Waals surface area (Å²) in [4.78, 5) is 21.0. The molecule has 5 rings (SSSR count). The number of alkyl halides is 3. The van der Waals surface area contributed by atoms with E-state index in [1.54, 1.807) is 6.07 Å². The molecule has 1 aromatic carbocycles. The van der Waals surface area contributed by atoms with Gasteiger partial charge in [-0.2, -0.15) is 13.2 Å². The summed E-state index contributed by atoms with van der Waals surface area (Å²) in [6.45, 7) is 3.53. The Bertz CT molecular complexity index is 1010. The summed E-state index contributed by atoms with van der Waals surface area (Å²) < 4.78 is 51.0. The van der Waals surface area contributed by atoms with Crippen LogP contribution in [0.2, 0.25) is 0 Å². The van der Waals surface area contributed by atoms with Gasteiger partial charge in [-0.3, -0.25) is 4.90 Å². The number of benzene rings is 1. The first-order valence-electron chi connectivity index (χ1n) is 10.7. The molecule has 33 heavy (non-hydrogen) atoms. The van der Waals surface area contributed by atoms with Crippen molar-refractivity contribution in [1.29, 1.82) is 0 Å². The Morgan fingerprint density at radius 2 is 1.97 bits per heavy atom. The molecule has 1 atom stereocenters. The number of hydrogen-bond acceptors (Lipinski definition) is 6. The first-order valence-corrected chi connectivity index (χ1v) is 10.7. The number of hydrogen-bond donors (Lipinski definition) is 2. The van der Waals surface area contributed by atoms with Gasteiger partial charge in [0.25, 0.3) is 0 Å². The van der Waals surface area contributed by atoms with Crippen molar-refractivity contribution >= 4 is 11.8 Å². The molecule has 2 aromatic rings. The summed E-state index contributed by atoms with van der Waals surface area (Å²) in [5.74, 6) is -1.47. The molecular weight excluding hydrogens is 444 g/mol. The Morgan fingerprint density at radius 3 is 2.58 bits per heavy atom. The standard InChI is InChI=1S/C20H23FN4O.C2HF3O2/c21-14-3-1-2-13(10-14)19-23-18-6-8-25(16-7-9-26-12-16)11-17(18)20(24-19)22-15-4-5-15;3-2(4,5)1(6)7/h1-3,10,15-16H,4-9,11-12H2,(H,22,23,24);(H,6,7). The minimum atomic E-state index is -5.08. The van der Waals surface area contributed by atoms with E-state index in [0.717, 1.165) is 56.2 Å². The maximum absolute atomic E-state index is 13.6. The summed E-state index contributed by atoms with van der Waals surface area (Å²) >= 11 is 0. The van der Waals surface area contributed by atoms with Crippen molar-refractivity contribution in [3.05, 3.63) is 41.3 Å². The Balaban J connectivity index is 0.000000325. The summed E-state index contributed by atoms with van der Waals surface area (Å²) in [7, 11) is 0. The van der Waals surface area contributed by atoms with Crippen LogP contribution < -0.4 is 5.32 Å². The first kappa shape index (κ1) is 23.4. The van der Waals surface area contributed by atoms with Crippen LogP contribution in [0.4, 0.5) is 23.4 Å². The third-order valence-electron chi connectivity index (χ3n) is 5.76. The molecule has 0 amide bonds. The zero-order valence-corrected chi connectivity index (χ0v) is 17.7. The highest BCUT2D eigenvalue weighted by molar-refractivity contribution is 5.73. The molecule has 1 aromatic heterocycles. The summed E-state index contributed by atoms with van der Waals surface area (Å²) in [5, 5.41) is 10.7. The number of anilines is 1. The average Bonchev–Trinajstić information content (AvgIpc) is 3.41. The van der Waals surface area contributed by atoms with Crippen LogP contribution >= 0.6 is 0 Å². The smallest absolute Gasteiger partial charge is 0.475 e. The van der Waals surface area contributed by atoms with Gasteiger partial charge in [-0.05, 0) is 31.4 Å². The fourth-order valence-corrected chi connectivity index (χ4v) is 3.85. The minimum Gasteiger partial charge on any atom is -0.475 e. The Labute approximate surface area is 187 Å². The lowest BCUT2D eigenvalue weighted by molar-refractivity contribution is -0.192. The van der Waals surface area contributed by atoms with Gasteiger partial charge in [-0.25, -0.2) is 19.2 Å². The van der Waals surface area contributed by atoms with Gasteiger partial charge in [0.05, 0.1) is 12.3 Å². The van der Waals surface area contributed by atoms with Crippen molar-refractivity contribution in [3.63, 3.8) is 0 Å². The summed E-state index contributed by atoms with van der Waals surface area (Å²) in [5.41, 5.74) is 3.03. The van der Waals surface area contributed by atoms with Crippen molar-refractivity contribution < 1.29 is 32.2 Å². The summed E-state index contributed by atoms with van der Waals surface area (Å²) in [6, 6.07) is 7.56. The Hall–Kier alpha value is -2.79. The van der Waals surface area contributed by atoms with Crippen molar-refractivity contribution in [1.82, 2.24) is 14.9 Å². The molecule has 7 nitrogen and oxygen atoms in total. The second kappa shape index (κ2) is 9.60. The third kappa shape index (κ3) is 5.97. The number of carboxylic acids is 1. The van der Waals surface area contributed by atoms with E-state index in [0.29, 0.717) is 17.9 Å². The van der Waals surface area contributed by atoms with Crippen molar-refractivity contribution in [2.45, 2.75) is 50.5 Å². The van der Waals surface area contributed by atoms with Crippen LogP contribution in [-0.4, -0.2) is 64.0 Å². The highest BCUT2D eigenvalue weighted by atomic mass is 19.4. The SMILES string of the molecule is Fc1cccc(-c2nc3c(c(NC4CC4)n2)CN(C2CCOC2)CC3)c1.O=C(O)C(F)(F)F. The topological polar surface area (TPSA) is 87.6 Å². The van der Waals surface area contributed by atoms with Gasteiger partial charge in [0.2, 0.25) is 0 Å². The molecule has 1 saturated heterocycles. The van der Waals surface area contributed by atoms with Crippen LogP contribution in [0.1, 0.15) is 30.5 Å². The number of fused-ring (bicyclic) bond motifs is 1. The van der Waals surface area contributed by atoms with Crippen LogP contribution in [0.25, 0.3) is 11.4 Å². The quantitative estimate of drug-likeness (QED) is 0.663. The predicted molar refractivity (Wildman–Crippen MR) is 111 cm³/mol. The van der Waals surface area contributed by atoms with Gasteiger partial charge in [0.1, 0.15) is 11.6 Å². The fraction of sp³-hybridized carbons (Fsp3) is 0.500. The number of aliphatic carboxylic acids is 1. The molecule has 11 heteroatoms. The molecular formula is C22H24F4N4O3. The van der Waals surface area contributed by atoms with Crippen molar-refractivity contribution in [3.8, 4) is 11.4 Å². The maximum Gasteiger partial charge on any atom is 0.490 e. The van der Waals surface area contributed by atoms with Gasteiger partial charge in [-0.15, -0.1) is 0 Å². The predicted octanol–water partition coefficient (Wildman–Crippen LogP) is 3.64. The lowest BCUT2D eigenvalue weighted by Crippen LogP contribution is -2.40. The molecule has 0 bridgehead atoms. The van der Waals surface area contributed by atoms with Crippen molar-refractivity contribution in [2.75, 3.05) is 25.1 Å². The van der Waals surface area contributed by atoms with Gasteiger partial charge in [-0.1, -0.05) is 12.1 Å². The minimum absolute atomic E-state index is 0.257. The molecule has 3 aliphatic rings. The number of carboxylic acid groups (broad SMARTS) is 1. The number of carbonyl (C=O) groups is 1. The normalized spacial score (nSPS) is 20.5. The van der Waals surface area contributed by atoms with Crippen LogP contribution in [0.15, 0.2) is 24.3 Å². The lowest BCUT2D eigenvalue weighted by Gasteiger charge is -2.33. The van der Waals surface area contributed by atoms with E-state index in [1.165, 1.54) is 30.5 Å². The lowest BCUT2D eigenvalue weighted by atomic mass is 10.0. The van der Waals surface area contributed by atoms with Crippen LogP contribution in [0.3, 0.4) is 0 Å². The zero-order valence-electron chi connectivity index (χ0n) is 17.7. The molecule has 0 radical (unpaired) electrons. The van der Waals surface area contributed by atoms with Gasteiger partial charge < -0.3 is 15.2 Å². The molecule has 1 aliphatic carbocycles. The number of nitrogens with one attached hydrogen (secondary N) is 1. The monoisotopic (exact) mass is 468 g/mol. The molecule has 1 unspecified atom stereocenters. The van der Waals surface area contributed by atoms with E-state index in [9.17, 15) is 17.6 Å². The third-order valence-corrected chi connectivity index (χ3v) is 5.76. The van der Waals surface area contributed by atoms with E-state index in [-0.39, 0.29) is 5.82 Å².